The van der Waals surface area contributed by atoms with E-state index in [0.717, 1.165) is 19.4 Å². The average molecular weight is 167 g/mol. The fraction of sp³-hybridized carbons (Fsp3) is 0.667. The second-order valence-corrected chi connectivity index (χ2v) is 3.12. The largest absolute Gasteiger partial charge is 0.481 e. The molecule has 0 unspecified atom stereocenters. The van der Waals surface area contributed by atoms with Crippen molar-refractivity contribution in [3.05, 3.63) is 0 Å². The Morgan fingerprint density at radius 2 is 2.50 bits per heavy atom. The number of likely N-dealkylation sites (tertiary alicyclic amines) is 1. The van der Waals surface area contributed by atoms with Gasteiger partial charge in [0.1, 0.15) is 0 Å². The number of terminal acetylenes is 1. The van der Waals surface area contributed by atoms with Gasteiger partial charge in [-0.3, -0.25) is 9.69 Å². The van der Waals surface area contributed by atoms with E-state index in [1.165, 1.54) is 0 Å². The quantitative estimate of drug-likeness (QED) is 0.606. The van der Waals surface area contributed by atoms with E-state index in [0.29, 0.717) is 13.1 Å². The minimum Gasteiger partial charge on any atom is -0.481 e. The summed E-state index contributed by atoms with van der Waals surface area (Å²) in [5.41, 5.74) is 0. The van der Waals surface area contributed by atoms with Crippen LogP contribution in [0.4, 0.5) is 0 Å². The van der Waals surface area contributed by atoms with Gasteiger partial charge in [0.2, 0.25) is 0 Å². The Hall–Kier alpha value is -1.01. The predicted molar refractivity (Wildman–Crippen MR) is 45.6 cm³/mol. The molecule has 0 spiro atoms. The Kier molecular flexibility index (Phi) is 3.12. The Labute approximate surface area is 72.4 Å². The summed E-state index contributed by atoms with van der Waals surface area (Å²) in [6, 6.07) is 0. The molecule has 0 bridgehead atoms. The van der Waals surface area contributed by atoms with Crippen molar-refractivity contribution in [2.24, 2.45) is 5.92 Å². The maximum atomic E-state index is 10.6. The number of carboxylic acids is 1. The first-order valence-corrected chi connectivity index (χ1v) is 4.12. The van der Waals surface area contributed by atoms with E-state index < -0.39 is 5.97 Å². The Bertz CT molecular complexity index is 207. The third kappa shape index (κ3) is 2.24. The molecule has 1 saturated heterocycles. The smallest absolute Gasteiger partial charge is 0.307 e. The van der Waals surface area contributed by atoms with Gasteiger partial charge in [0.25, 0.3) is 0 Å². The monoisotopic (exact) mass is 167 g/mol. The molecule has 0 aromatic heterocycles. The van der Waals surface area contributed by atoms with Crippen molar-refractivity contribution in [1.82, 2.24) is 4.90 Å². The summed E-state index contributed by atoms with van der Waals surface area (Å²) in [4.78, 5) is 12.6. The van der Waals surface area contributed by atoms with Gasteiger partial charge in [-0.05, 0) is 19.4 Å². The molecule has 0 aromatic rings. The number of hydrogen-bond donors (Lipinski definition) is 1. The lowest BCUT2D eigenvalue weighted by Gasteiger charge is -2.28. The molecule has 1 N–H and O–H groups in total. The third-order valence-electron chi connectivity index (χ3n) is 2.17. The molecule has 3 heteroatoms. The maximum Gasteiger partial charge on any atom is 0.307 e. The topological polar surface area (TPSA) is 40.5 Å². The van der Waals surface area contributed by atoms with Crippen LogP contribution in [0.15, 0.2) is 0 Å². The number of rotatable bonds is 2. The van der Waals surface area contributed by atoms with Crippen LogP contribution >= 0.6 is 0 Å². The molecule has 1 atom stereocenters. The van der Waals surface area contributed by atoms with Gasteiger partial charge in [-0.15, -0.1) is 6.42 Å². The molecule has 0 radical (unpaired) electrons. The molecule has 0 amide bonds. The molecular formula is C9H13NO2. The molecule has 0 aliphatic carbocycles. The minimum absolute atomic E-state index is 0.216. The van der Waals surface area contributed by atoms with E-state index in [-0.39, 0.29) is 5.92 Å². The molecule has 3 nitrogen and oxygen atoms in total. The van der Waals surface area contributed by atoms with Crippen LogP contribution in [0.25, 0.3) is 0 Å². The first-order chi connectivity index (χ1) is 5.74. The number of carbonyl (C=O) groups is 1. The Balaban J connectivity index is 2.41. The van der Waals surface area contributed by atoms with Crippen molar-refractivity contribution in [3.63, 3.8) is 0 Å². The second kappa shape index (κ2) is 4.13. The molecular weight excluding hydrogens is 154 g/mol. The lowest BCUT2D eigenvalue weighted by molar-refractivity contribution is -0.143. The molecule has 1 rings (SSSR count). The minimum atomic E-state index is -0.697. The summed E-state index contributed by atoms with van der Waals surface area (Å²) in [7, 11) is 0. The van der Waals surface area contributed by atoms with Crippen LogP contribution in [0, 0.1) is 18.3 Å². The summed E-state index contributed by atoms with van der Waals surface area (Å²) in [6.07, 6.45) is 6.87. The van der Waals surface area contributed by atoms with Crippen LogP contribution < -0.4 is 0 Å². The van der Waals surface area contributed by atoms with Gasteiger partial charge in [-0.1, -0.05) is 5.92 Å². The SMILES string of the molecule is C#CCN1CCC[C@@H](C(=O)O)C1. The highest BCUT2D eigenvalue weighted by molar-refractivity contribution is 5.70. The Morgan fingerprint density at radius 3 is 3.08 bits per heavy atom. The zero-order chi connectivity index (χ0) is 8.97. The van der Waals surface area contributed by atoms with E-state index in [9.17, 15) is 4.79 Å². The van der Waals surface area contributed by atoms with E-state index in [1.807, 2.05) is 4.90 Å². The van der Waals surface area contributed by atoms with Crippen LogP contribution in [0.2, 0.25) is 0 Å². The maximum absolute atomic E-state index is 10.6. The number of carboxylic acid groups (broad SMARTS) is 1. The second-order valence-electron chi connectivity index (χ2n) is 3.12. The zero-order valence-electron chi connectivity index (χ0n) is 6.99. The molecule has 1 aliphatic heterocycles. The normalized spacial score (nSPS) is 24.8. The van der Waals surface area contributed by atoms with E-state index in [4.69, 9.17) is 11.5 Å². The number of aliphatic carboxylic acids is 1. The number of hydrogen-bond acceptors (Lipinski definition) is 2. The number of nitrogens with zero attached hydrogens (tertiary/aromatic N) is 1. The van der Waals surface area contributed by atoms with Crippen molar-refractivity contribution in [1.29, 1.82) is 0 Å². The predicted octanol–water partition coefficient (Wildman–Crippen LogP) is 0.416. The van der Waals surface area contributed by atoms with Crippen LogP contribution in [0.1, 0.15) is 12.8 Å². The van der Waals surface area contributed by atoms with Gasteiger partial charge in [-0.25, -0.2) is 0 Å². The van der Waals surface area contributed by atoms with Gasteiger partial charge in [0.05, 0.1) is 12.5 Å². The van der Waals surface area contributed by atoms with E-state index >= 15 is 0 Å². The van der Waals surface area contributed by atoms with Crippen molar-refractivity contribution < 1.29 is 9.90 Å². The molecule has 1 aliphatic rings. The van der Waals surface area contributed by atoms with Gasteiger partial charge in [-0.2, -0.15) is 0 Å². The molecule has 1 heterocycles. The van der Waals surface area contributed by atoms with Crippen LogP contribution in [-0.2, 0) is 4.79 Å². The van der Waals surface area contributed by atoms with E-state index in [1.54, 1.807) is 0 Å². The standard InChI is InChI=1S/C9H13NO2/c1-2-5-10-6-3-4-8(7-10)9(11)12/h1,8H,3-7H2,(H,11,12)/t8-/m1/s1. The van der Waals surface area contributed by atoms with Crippen molar-refractivity contribution >= 4 is 5.97 Å². The summed E-state index contributed by atoms with van der Waals surface area (Å²) >= 11 is 0. The highest BCUT2D eigenvalue weighted by atomic mass is 16.4. The summed E-state index contributed by atoms with van der Waals surface area (Å²) < 4.78 is 0. The number of piperidine rings is 1. The average Bonchev–Trinajstić information content (AvgIpc) is 2.05. The molecule has 0 saturated carbocycles. The van der Waals surface area contributed by atoms with Crippen molar-refractivity contribution in [2.45, 2.75) is 12.8 Å². The third-order valence-corrected chi connectivity index (χ3v) is 2.17. The molecule has 1 fully saturated rings. The summed E-state index contributed by atoms with van der Waals surface area (Å²) in [5, 5.41) is 8.75. The van der Waals surface area contributed by atoms with Gasteiger partial charge < -0.3 is 5.11 Å². The van der Waals surface area contributed by atoms with Crippen LogP contribution in [0.3, 0.4) is 0 Å². The Morgan fingerprint density at radius 1 is 1.75 bits per heavy atom. The first-order valence-electron chi connectivity index (χ1n) is 4.12. The first kappa shape index (κ1) is 9.08. The van der Waals surface area contributed by atoms with Gasteiger partial charge >= 0.3 is 5.97 Å². The van der Waals surface area contributed by atoms with Gasteiger partial charge in [0, 0.05) is 6.54 Å². The van der Waals surface area contributed by atoms with Crippen LogP contribution in [-0.4, -0.2) is 35.6 Å². The molecule has 0 aromatic carbocycles. The fourth-order valence-corrected chi connectivity index (χ4v) is 1.53. The zero-order valence-corrected chi connectivity index (χ0v) is 6.99. The lowest BCUT2D eigenvalue weighted by Crippen LogP contribution is -2.38. The highest BCUT2D eigenvalue weighted by Gasteiger charge is 2.24. The van der Waals surface area contributed by atoms with Crippen molar-refractivity contribution in [3.8, 4) is 12.3 Å². The van der Waals surface area contributed by atoms with Crippen LogP contribution in [0.5, 0.6) is 0 Å². The van der Waals surface area contributed by atoms with Gasteiger partial charge in [0.15, 0.2) is 0 Å². The van der Waals surface area contributed by atoms with E-state index in [2.05, 4.69) is 5.92 Å². The lowest BCUT2D eigenvalue weighted by atomic mass is 9.98. The summed E-state index contributed by atoms with van der Waals surface area (Å²) in [5.74, 6) is 1.62. The van der Waals surface area contributed by atoms with Crippen molar-refractivity contribution in [2.75, 3.05) is 19.6 Å². The molecule has 66 valence electrons. The fourth-order valence-electron chi connectivity index (χ4n) is 1.53. The molecule has 12 heavy (non-hydrogen) atoms. The highest BCUT2D eigenvalue weighted by Crippen LogP contribution is 2.15. The summed E-state index contributed by atoms with van der Waals surface area (Å²) in [6.45, 7) is 2.12.